The third kappa shape index (κ3) is 3.70. The van der Waals surface area contributed by atoms with Crippen LogP contribution < -0.4 is 11.3 Å². The fraction of sp³-hybridized carbons (Fsp3) is 0.182. The summed E-state index contributed by atoms with van der Waals surface area (Å²) in [7, 11) is -4.73. The smallest absolute Gasteiger partial charge is 0.293 e. The van der Waals surface area contributed by atoms with E-state index in [1.54, 1.807) is 18.2 Å². The zero-order valence-electron chi connectivity index (χ0n) is 16.5. The van der Waals surface area contributed by atoms with Crippen LogP contribution in [0.5, 0.6) is 0 Å². The number of sulfone groups is 1. The van der Waals surface area contributed by atoms with E-state index in [0.29, 0.717) is 6.08 Å². The van der Waals surface area contributed by atoms with Gasteiger partial charge in [0.05, 0.1) is 5.75 Å². The minimum atomic E-state index is -5.54. The maximum atomic E-state index is 13.8. The highest BCUT2D eigenvalue weighted by Crippen LogP contribution is 2.48. The van der Waals surface area contributed by atoms with E-state index in [-0.39, 0.29) is 11.1 Å². The van der Waals surface area contributed by atoms with Gasteiger partial charge < -0.3 is 0 Å². The molecule has 2 unspecified atom stereocenters. The molecule has 0 spiro atoms. The molecule has 0 fully saturated rings. The lowest BCUT2D eigenvalue weighted by atomic mass is 9.68. The van der Waals surface area contributed by atoms with Crippen molar-refractivity contribution in [3.05, 3.63) is 96.1 Å². The summed E-state index contributed by atoms with van der Waals surface area (Å²) in [6, 6.07) is 14.3. The van der Waals surface area contributed by atoms with E-state index in [4.69, 9.17) is 5.84 Å². The van der Waals surface area contributed by atoms with Gasteiger partial charge in [0.25, 0.3) is 5.78 Å². The van der Waals surface area contributed by atoms with Crippen molar-refractivity contribution in [1.82, 2.24) is 5.43 Å². The van der Waals surface area contributed by atoms with Crippen molar-refractivity contribution in [1.29, 1.82) is 0 Å². The van der Waals surface area contributed by atoms with E-state index < -0.39 is 43.6 Å². The van der Waals surface area contributed by atoms with Gasteiger partial charge in [-0.15, -0.1) is 0 Å². The molecule has 2 aromatic carbocycles. The van der Waals surface area contributed by atoms with Crippen molar-refractivity contribution in [2.24, 2.45) is 11.3 Å². The van der Waals surface area contributed by atoms with Crippen LogP contribution in [0.4, 0.5) is 13.2 Å². The lowest BCUT2D eigenvalue weighted by Gasteiger charge is -2.45. The van der Waals surface area contributed by atoms with Crippen LogP contribution in [0.2, 0.25) is 0 Å². The molecule has 2 aromatic rings. The Bertz CT molecular complexity index is 1180. The van der Waals surface area contributed by atoms with Crippen molar-refractivity contribution in [2.75, 3.05) is 0 Å². The lowest BCUT2D eigenvalue weighted by Crippen LogP contribution is -2.71. The number of hydrazine groups is 1. The molecule has 0 saturated carbocycles. The molecule has 3 rings (SSSR count). The quantitative estimate of drug-likeness (QED) is 0.283. The standard InChI is InChI=1S/C22H19F3N2O4S/c23-22(24,25)19(29)20(18(28)17-11-5-2-6-12-17)13-7-8-14-21(20,27-26)32(30,31)15-16-9-3-1-4-10-16/h1-14,27H,15,26H2. The topological polar surface area (TPSA) is 106 Å². The molecule has 0 aromatic heterocycles. The molecule has 0 bridgehead atoms. The van der Waals surface area contributed by atoms with Gasteiger partial charge >= 0.3 is 6.18 Å². The fourth-order valence-corrected chi connectivity index (χ4v) is 5.86. The summed E-state index contributed by atoms with van der Waals surface area (Å²) in [5, 5.41) is 0. The second-order valence-corrected chi connectivity index (χ2v) is 9.34. The second kappa shape index (κ2) is 8.45. The molecule has 10 heteroatoms. The van der Waals surface area contributed by atoms with Crippen molar-refractivity contribution in [3.63, 3.8) is 0 Å². The Morgan fingerprint density at radius 3 is 1.97 bits per heavy atom. The Balaban J connectivity index is 2.33. The summed E-state index contributed by atoms with van der Waals surface area (Å²) < 4.78 is 68.7. The molecule has 0 amide bonds. The van der Waals surface area contributed by atoms with Gasteiger partial charge in [-0.1, -0.05) is 78.9 Å². The van der Waals surface area contributed by atoms with Gasteiger partial charge in [0.15, 0.2) is 25.9 Å². The Hall–Kier alpha value is -3.08. The first-order valence-electron chi connectivity index (χ1n) is 9.34. The van der Waals surface area contributed by atoms with Crippen LogP contribution in [0.25, 0.3) is 0 Å². The molecule has 0 saturated heterocycles. The molecule has 6 nitrogen and oxygen atoms in total. The largest absolute Gasteiger partial charge is 0.451 e. The van der Waals surface area contributed by atoms with Crippen molar-refractivity contribution >= 4 is 21.4 Å². The minimum absolute atomic E-state index is 0.241. The van der Waals surface area contributed by atoms with Crippen LogP contribution >= 0.6 is 0 Å². The van der Waals surface area contributed by atoms with Gasteiger partial charge in [0, 0.05) is 5.56 Å². The number of allylic oxidation sites excluding steroid dienone is 2. The average Bonchev–Trinajstić information content (AvgIpc) is 2.78. The van der Waals surface area contributed by atoms with Gasteiger partial charge in [0.2, 0.25) is 0 Å². The molecule has 2 atom stereocenters. The highest BCUT2D eigenvalue weighted by Gasteiger charge is 2.70. The summed E-state index contributed by atoms with van der Waals surface area (Å²) in [6.45, 7) is 0. The predicted octanol–water partition coefficient (Wildman–Crippen LogP) is 2.89. The molecule has 168 valence electrons. The van der Waals surface area contributed by atoms with Crippen LogP contribution in [-0.4, -0.2) is 31.0 Å². The maximum Gasteiger partial charge on any atom is 0.451 e. The highest BCUT2D eigenvalue weighted by atomic mass is 32.2. The molecular weight excluding hydrogens is 445 g/mol. The summed E-state index contributed by atoms with van der Waals surface area (Å²) in [5.41, 5.74) is -1.36. The monoisotopic (exact) mass is 464 g/mol. The van der Waals surface area contributed by atoms with Crippen molar-refractivity contribution in [2.45, 2.75) is 16.8 Å². The molecule has 0 heterocycles. The molecule has 32 heavy (non-hydrogen) atoms. The summed E-state index contributed by atoms with van der Waals surface area (Å²) in [6.07, 6.45) is -1.92. The predicted molar refractivity (Wildman–Crippen MR) is 112 cm³/mol. The average molecular weight is 464 g/mol. The molecule has 1 aliphatic carbocycles. The maximum absolute atomic E-state index is 13.8. The summed E-state index contributed by atoms with van der Waals surface area (Å²) in [4.78, 5) is 23.5. The third-order valence-electron chi connectivity index (χ3n) is 5.29. The molecule has 0 radical (unpaired) electrons. The summed E-state index contributed by atoms with van der Waals surface area (Å²) >= 11 is 0. The molecule has 3 N–H and O–H groups in total. The molecule has 1 aliphatic rings. The van der Waals surface area contributed by atoms with E-state index >= 15 is 0 Å². The summed E-state index contributed by atoms with van der Waals surface area (Å²) in [5.74, 6) is 0.893. The first-order valence-corrected chi connectivity index (χ1v) is 11.0. The highest BCUT2D eigenvalue weighted by molar-refractivity contribution is 7.92. The number of rotatable bonds is 7. The zero-order chi connectivity index (χ0) is 23.6. The molecular formula is C22H19F3N2O4S. The Morgan fingerprint density at radius 2 is 1.44 bits per heavy atom. The van der Waals surface area contributed by atoms with Crippen molar-refractivity contribution < 1.29 is 31.2 Å². The first-order chi connectivity index (χ1) is 15.0. The number of carbonyl (C=O) groups excluding carboxylic acids is 2. The van der Waals surface area contributed by atoms with E-state index in [1.165, 1.54) is 42.5 Å². The Labute approximate surface area is 182 Å². The van der Waals surface area contributed by atoms with Gasteiger partial charge in [0.1, 0.15) is 0 Å². The number of hydrogen-bond acceptors (Lipinski definition) is 6. The lowest BCUT2D eigenvalue weighted by molar-refractivity contribution is -0.178. The first kappa shape index (κ1) is 23.6. The number of Topliss-reactive ketones (excluding diaryl/α,β-unsaturated/α-hetero) is 2. The second-order valence-electron chi connectivity index (χ2n) is 7.17. The number of carbonyl (C=O) groups is 2. The minimum Gasteiger partial charge on any atom is -0.293 e. The number of halogens is 3. The van der Waals surface area contributed by atoms with Crippen LogP contribution in [0.15, 0.2) is 85.0 Å². The van der Waals surface area contributed by atoms with E-state index in [0.717, 1.165) is 18.2 Å². The van der Waals surface area contributed by atoms with E-state index in [9.17, 15) is 31.2 Å². The van der Waals surface area contributed by atoms with Crippen molar-refractivity contribution in [3.8, 4) is 0 Å². The van der Waals surface area contributed by atoms with Crippen LogP contribution in [0.1, 0.15) is 15.9 Å². The number of ketones is 2. The van der Waals surface area contributed by atoms with Gasteiger partial charge in [-0.2, -0.15) is 13.2 Å². The number of benzene rings is 2. The SMILES string of the molecule is NNC1(S(=O)(=O)Cc2ccccc2)C=CC=CC1(C(=O)c1ccccc1)C(=O)C(F)(F)F. The van der Waals surface area contributed by atoms with Crippen LogP contribution in [0, 0.1) is 5.41 Å². The third-order valence-corrected chi connectivity index (χ3v) is 7.56. The number of hydrogen-bond donors (Lipinski definition) is 2. The fourth-order valence-electron chi connectivity index (χ4n) is 3.79. The van der Waals surface area contributed by atoms with Gasteiger partial charge in [-0.05, 0) is 11.6 Å². The van der Waals surface area contributed by atoms with Crippen LogP contribution in [-0.2, 0) is 20.4 Å². The molecule has 0 aliphatic heterocycles. The van der Waals surface area contributed by atoms with E-state index in [1.807, 2.05) is 5.43 Å². The van der Waals surface area contributed by atoms with Gasteiger partial charge in [-0.3, -0.25) is 15.4 Å². The normalized spacial score (nSPS) is 23.1. The number of alkyl halides is 3. The van der Waals surface area contributed by atoms with E-state index in [2.05, 4.69) is 0 Å². The number of nitrogens with two attached hydrogens (primary N) is 1. The Morgan fingerprint density at radius 1 is 0.906 bits per heavy atom. The Kier molecular flexibility index (Phi) is 6.23. The van der Waals surface area contributed by atoms with Gasteiger partial charge in [-0.25, -0.2) is 13.8 Å². The zero-order valence-corrected chi connectivity index (χ0v) is 17.4. The van der Waals surface area contributed by atoms with Crippen LogP contribution in [0.3, 0.4) is 0 Å². The number of nitrogens with one attached hydrogen (secondary N) is 1.